The maximum atomic E-state index is 12.5. The lowest BCUT2D eigenvalue weighted by atomic mass is 10.2. The molecule has 2 rings (SSSR count). The Hall–Kier alpha value is -0.920. The van der Waals surface area contributed by atoms with Gasteiger partial charge in [0, 0.05) is 18.5 Å². The van der Waals surface area contributed by atoms with Gasteiger partial charge in [0.2, 0.25) is 10.0 Å². The van der Waals surface area contributed by atoms with Gasteiger partial charge in [-0.3, -0.25) is 0 Å². The number of hydrogen-bond acceptors (Lipinski definition) is 4. The number of sulfonamides is 1. The normalized spacial score (nSPS) is 12.0. The van der Waals surface area contributed by atoms with E-state index in [4.69, 9.17) is 16.7 Å². The Labute approximate surface area is 127 Å². The van der Waals surface area contributed by atoms with Gasteiger partial charge in [0.1, 0.15) is 4.90 Å². The highest BCUT2D eigenvalue weighted by molar-refractivity contribution is 7.89. The Kier molecular flexibility index (Phi) is 4.82. The first-order valence-corrected chi connectivity index (χ1v) is 8.53. The van der Waals surface area contributed by atoms with Crippen LogP contribution in [-0.4, -0.2) is 24.9 Å². The summed E-state index contributed by atoms with van der Waals surface area (Å²) >= 11 is 7.47. The predicted molar refractivity (Wildman–Crippen MR) is 80.3 cm³/mol. The summed E-state index contributed by atoms with van der Waals surface area (Å²) in [4.78, 5) is 0.968. The van der Waals surface area contributed by atoms with Gasteiger partial charge in [-0.25, -0.2) is 8.42 Å². The molecule has 20 heavy (non-hydrogen) atoms. The second-order valence-corrected chi connectivity index (χ2v) is 7.72. The maximum absolute atomic E-state index is 12.5. The molecular weight excluding hydrogens is 318 g/mol. The number of benzene rings is 1. The van der Waals surface area contributed by atoms with Crippen LogP contribution < -0.4 is 0 Å². The Morgan fingerprint density at radius 1 is 1.35 bits per heavy atom. The molecule has 0 saturated carbocycles. The van der Waals surface area contributed by atoms with Crippen LogP contribution in [-0.2, 0) is 23.2 Å². The highest BCUT2D eigenvalue weighted by atomic mass is 35.5. The van der Waals surface area contributed by atoms with E-state index in [0.29, 0.717) is 12.1 Å². The van der Waals surface area contributed by atoms with Crippen LogP contribution in [0, 0.1) is 0 Å². The van der Waals surface area contributed by atoms with Gasteiger partial charge < -0.3 is 5.11 Å². The summed E-state index contributed by atoms with van der Waals surface area (Å²) in [5.41, 5.74) is 0.512. The van der Waals surface area contributed by atoms with Crippen LogP contribution in [0.1, 0.15) is 10.4 Å². The van der Waals surface area contributed by atoms with Crippen LogP contribution in [0.15, 0.2) is 40.6 Å². The second kappa shape index (κ2) is 6.24. The lowest BCUT2D eigenvalue weighted by Crippen LogP contribution is -2.26. The zero-order chi connectivity index (χ0) is 14.8. The van der Waals surface area contributed by atoms with E-state index < -0.39 is 10.0 Å². The van der Waals surface area contributed by atoms with E-state index in [0.717, 1.165) is 4.88 Å². The fraction of sp³-hybridized carbons (Fsp3) is 0.231. The molecule has 0 fully saturated rings. The van der Waals surface area contributed by atoms with Crippen LogP contribution in [0.25, 0.3) is 0 Å². The lowest BCUT2D eigenvalue weighted by Gasteiger charge is -2.17. The average molecular weight is 332 g/mol. The van der Waals surface area contributed by atoms with E-state index in [-0.39, 0.29) is 16.5 Å². The van der Waals surface area contributed by atoms with Crippen molar-refractivity contribution in [3.05, 3.63) is 51.2 Å². The maximum Gasteiger partial charge on any atom is 0.244 e. The molecule has 1 aromatic carbocycles. The number of aliphatic hydroxyl groups is 1. The van der Waals surface area contributed by atoms with Crippen molar-refractivity contribution >= 4 is 33.0 Å². The average Bonchev–Trinajstić information content (AvgIpc) is 2.92. The molecule has 2 aromatic rings. The molecule has 1 heterocycles. The number of rotatable bonds is 5. The zero-order valence-corrected chi connectivity index (χ0v) is 13.2. The molecular formula is C13H14ClNO3S2. The van der Waals surface area contributed by atoms with Crippen molar-refractivity contribution in [2.45, 2.75) is 18.0 Å². The topological polar surface area (TPSA) is 57.6 Å². The number of hydrogen-bond donors (Lipinski definition) is 1. The largest absolute Gasteiger partial charge is 0.392 e. The van der Waals surface area contributed by atoms with Crippen LogP contribution >= 0.6 is 22.9 Å². The number of nitrogens with zero attached hydrogens (tertiary/aromatic N) is 1. The monoisotopic (exact) mass is 331 g/mol. The molecule has 0 unspecified atom stereocenters. The van der Waals surface area contributed by atoms with Gasteiger partial charge in [0.05, 0.1) is 11.6 Å². The first kappa shape index (κ1) is 15.5. The SMILES string of the molecule is CN(Cc1cccs1)S(=O)(=O)c1cc(CO)ccc1Cl. The summed E-state index contributed by atoms with van der Waals surface area (Å²) in [6, 6.07) is 8.24. The van der Waals surface area contributed by atoms with Crippen molar-refractivity contribution in [2.24, 2.45) is 0 Å². The Morgan fingerprint density at radius 2 is 2.10 bits per heavy atom. The molecule has 0 atom stereocenters. The smallest absolute Gasteiger partial charge is 0.244 e. The number of thiophene rings is 1. The molecule has 0 bridgehead atoms. The van der Waals surface area contributed by atoms with Crippen LogP contribution in [0.5, 0.6) is 0 Å². The van der Waals surface area contributed by atoms with Gasteiger partial charge in [-0.1, -0.05) is 23.7 Å². The number of halogens is 1. The fourth-order valence-electron chi connectivity index (χ4n) is 1.72. The van der Waals surface area contributed by atoms with Gasteiger partial charge in [0.15, 0.2) is 0 Å². The van der Waals surface area contributed by atoms with Gasteiger partial charge in [-0.15, -0.1) is 11.3 Å². The van der Waals surface area contributed by atoms with Crippen molar-refractivity contribution in [3.63, 3.8) is 0 Å². The lowest BCUT2D eigenvalue weighted by molar-refractivity contribution is 0.281. The van der Waals surface area contributed by atoms with Crippen LogP contribution in [0.2, 0.25) is 5.02 Å². The van der Waals surface area contributed by atoms with Crippen molar-refractivity contribution in [2.75, 3.05) is 7.05 Å². The minimum Gasteiger partial charge on any atom is -0.392 e. The van der Waals surface area contributed by atoms with E-state index in [1.807, 2.05) is 17.5 Å². The minimum absolute atomic E-state index is 0.0183. The molecule has 0 radical (unpaired) electrons. The van der Waals surface area contributed by atoms with Crippen molar-refractivity contribution in [3.8, 4) is 0 Å². The Balaban J connectivity index is 2.34. The van der Waals surface area contributed by atoms with Gasteiger partial charge in [-0.2, -0.15) is 4.31 Å². The molecule has 0 amide bonds. The van der Waals surface area contributed by atoms with Crippen molar-refractivity contribution < 1.29 is 13.5 Å². The molecule has 7 heteroatoms. The van der Waals surface area contributed by atoms with Crippen molar-refractivity contribution in [1.29, 1.82) is 0 Å². The minimum atomic E-state index is -3.68. The standard InChI is InChI=1S/C13H14ClNO3S2/c1-15(8-11-3-2-6-19-11)20(17,18)13-7-10(9-16)4-5-12(13)14/h2-7,16H,8-9H2,1H3. The third-order valence-electron chi connectivity index (χ3n) is 2.83. The van der Waals surface area contributed by atoms with E-state index in [1.54, 1.807) is 6.07 Å². The third kappa shape index (κ3) is 3.21. The molecule has 4 nitrogen and oxygen atoms in total. The first-order valence-electron chi connectivity index (χ1n) is 5.83. The summed E-state index contributed by atoms with van der Waals surface area (Å²) in [6.45, 7) is 0.0635. The molecule has 0 aliphatic carbocycles. The Morgan fingerprint density at radius 3 is 2.70 bits per heavy atom. The van der Waals surface area contributed by atoms with E-state index in [9.17, 15) is 8.42 Å². The molecule has 0 spiro atoms. The first-order chi connectivity index (χ1) is 9.45. The molecule has 0 aliphatic rings. The van der Waals surface area contributed by atoms with Gasteiger partial charge >= 0.3 is 0 Å². The number of aliphatic hydroxyl groups excluding tert-OH is 1. The summed E-state index contributed by atoms with van der Waals surface area (Å²) < 4.78 is 26.3. The van der Waals surface area contributed by atoms with Crippen LogP contribution in [0.4, 0.5) is 0 Å². The van der Waals surface area contributed by atoms with E-state index >= 15 is 0 Å². The van der Waals surface area contributed by atoms with E-state index in [2.05, 4.69) is 0 Å². The van der Waals surface area contributed by atoms with Crippen LogP contribution in [0.3, 0.4) is 0 Å². The third-order valence-corrected chi connectivity index (χ3v) is 5.97. The van der Waals surface area contributed by atoms with Crippen molar-refractivity contribution in [1.82, 2.24) is 4.31 Å². The second-order valence-electron chi connectivity index (χ2n) is 4.26. The summed E-state index contributed by atoms with van der Waals surface area (Å²) in [5, 5.41) is 11.2. The predicted octanol–water partition coefficient (Wildman–Crippen LogP) is 2.71. The summed E-state index contributed by atoms with van der Waals surface area (Å²) in [7, 11) is -2.17. The summed E-state index contributed by atoms with van der Waals surface area (Å²) in [5.74, 6) is 0. The fourth-order valence-corrected chi connectivity index (χ4v) is 4.23. The van der Waals surface area contributed by atoms with Gasteiger partial charge in [0.25, 0.3) is 0 Å². The Bertz CT molecular complexity index is 684. The highest BCUT2D eigenvalue weighted by Gasteiger charge is 2.24. The highest BCUT2D eigenvalue weighted by Crippen LogP contribution is 2.26. The molecule has 1 N–H and O–H groups in total. The van der Waals surface area contributed by atoms with E-state index in [1.165, 1.54) is 34.8 Å². The summed E-state index contributed by atoms with van der Waals surface area (Å²) in [6.07, 6.45) is 0. The molecule has 108 valence electrons. The molecule has 0 saturated heterocycles. The molecule has 0 aliphatic heterocycles. The van der Waals surface area contributed by atoms with Gasteiger partial charge in [-0.05, 0) is 29.1 Å². The zero-order valence-electron chi connectivity index (χ0n) is 10.8. The molecule has 1 aromatic heterocycles. The quantitative estimate of drug-likeness (QED) is 0.916.